The Hall–Kier alpha value is -1.33. The monoisotopic (exact) mass is 347 g/mol. The van der Waals surface area contributed by atoms with Crippen LogP contribution in [0.15, 0.2) is 34.8 Å². The average molecular weight is 349 g/mol. The number of hydrogen-bond donors (Lipinski definition) is 1. The molecule has 0 heterocycles. The summed E-state index contributed by atoms with van der Waals surface area (Å²) in [7, 11) is 0. The van der Waals surface area contributed by atoms with Crippen molar-refractivity contribution in [3.63, 3.8) is 0 Å². The summed E-state index contributed by atoms with van der Waals surface area (Å²) in [6.07, 6.45) is 0. The Morgan fingerprint density at radius 2 is 1.74 bits per heavy atom. The van der Waals surface area contributed by atoms with Crippen molar-refractivity contribution in [1.82, 2.24) is 0 Å². The molecule has 2 rings (SSSR count). The third-order valence-electron chi connectivity index (χ3n) is 2.34. The zero-order valence-corrected chi connectivity index (χ0v) is 11.9. The minimum Gasteiger partial charge on any atom is -0.486 e. The van der Waals surface area contributed by atoms with Gasteiger partial charge in [0.1, 0.15) is 18.2 Å². The lowest BCUT2D eigenvalue weighted by atomic mass is 10.2. The maximum atomic E-state index is 13.0. The summed E-state index contributed by atoms with van der Waals surface area (Å²) in [5.74, 6) is -0.919. The molecule has 0 spiro atoms. The largest absolute Gasteiger partial charge is 0.486 e. The molecule has 0 atom stereocenters. The minimum absolute atomic E-state index is 0.000881. The van der Waals surface area contributed by atoms with Crippen molar-refractivity contribution in [2.75, 3.05) is 5.73 Å². The zero-order chi connectivity index (χ0) is 14.0. The summed E-state index contributed by atoms with van der Waals surface area (Å²) in [5, 5.41) is 0.466. The molecule has 100 valence electrons. The zero-order valence-electron chi connectivity index (χ0n) is 9.59. The summed E-state index contributed by atoms with van der Waals surface area (Å²) in [4.78, 5) is 0. The van der Waals surface area contributed by atoms with Gasteiger partial charge >= 0.3 is 0 Å². The third kappa shape index (κ3) is 3.58. The third-order valence-corrected chi connectivity index (χ3v) is 3.15. The molecule has 2 N–H and O–H groups in total. The Balaban J connectivity index is 2.19. The molecule has 0 radical (unpaired) electrons. The fourth-order valence-electron chi connectivity index (χ4n) is 1.58. The summed E-state index contributed by atoms with van der Waals surface area (Å²) < 4.78 is 32.1. The topological polar surface area (TPSA) is 35.2 Å². The summed E-state index contributed by atoms with van der Waals surface area (Å²) in [6.45, 7) is -0.000881. The standard InChI is InChI=1S/C13H9BrClF2NO/c14-11-3-8(15)4-12(18)13(11)19-6-7-1-9(16)5-10(17)2-7/h1-5H,6,18H2. The van der Waals surface area contributed by atoms with Gasteiger partial charge in [0.15, 0.2) is 5.75 Å². The number of hydrogen-bond acceptors (Lipinski definition) is 2. The number of ether oxygens (including phenoxy) is 1. The number of halogens is 4. The van der Waals surface area contributed by atoms with E-state index < -0.39 is 11.6 Å². The lowest BCUT2D eigenvalue weighted by Gasteiger charge is -2.11. The van der Waals surface area contributed by atoms with Gasteiger partial charge in [-0.15, -0.1) is 0 Å². The molecule has 0 unspecified atom stereocenters. The van der Waals surface area contributed by atoms with Crippen LogP contribution in [0.4, 0.5) is 14.5 Å². The summed E-state index contributed by atoms with van der Waals surface area (Å²) in [6, 6.07) is 6.36. The molecule has 2 aromatic carbocycles. The van der Waals surface area contributed by atoms with Crippen molar-refractivity contribution >= 4 is 33.2 Å². The first kappa shape index (κ1) is 14.1. The molecule has 2 nitrogen and oxygen atoms in total. The highest BCUT2D eigenvalue weighted by Crippen LogP contribution is 2.35. The highest BCUT2D eigenvalue weighted by atomic mass is 79.9. The van der Waals surface area contributed by atoms with Crippen LogP contribution in [0.5, 0.6) is 5.75 Å². The second-order valence-corrected chi connectivity index (χ2v) is 5.16. The molecule has 19 heavy (non-hydrogen) atoms. The molecular formula is C13H9BrClF2NO. The van der Waals surface area contributed by atoms with E-state index in [9.17, 15) is 8.78 Å². The van der Waals surface area contributed by atoms with Crippen molar-refractivity contribution in [1.29, 1.82) is 0 Å². The van der Waals surface area contributed by atoms with Gasteiger partial charge in [0, 0.05) is 11.1 Å². The van der Waals surface area contributed by atoms with Gasteiger partial charge in [0.05, 0.1) is 10.2 Å². The number of anilines is 1. The first-order valence-electron chi connectivity index (χ1n) is 5.28. The Morgan fingerprint density at radius 1 is 1.11 bits per heavy atom. The predicted molar refractivity (Wildman–Crippen MR) is 74.3 cm³/mol. The minimum atomic E-state index is -0.651. The smallest absolute Gasteiger partial charge is 0.156 e. The molecule has 2 aromatic rings. The van der Waals surface area contributed by atoms with Crippen LogP contribution in [0.3, 0.4) is 0 Å². The van der Waals surface area contributed by atoms with E-state index in [-0.39, 0.29) is 6.61 Å². The van der Waals surface area contributed by atoms with Crippen LogP contribution in [0.2, 0.25) is 5.02 Å². The SMILES string of the molecule is Nc1cc(Cl)cc(Br)c1OCc1cc(F)cc(F)c1. The Morgan fingerprint density at radius 3 is 2.32 bits per heavy atom. The van der Waals surface area contributed by atoms with Gasteiger partial charge < -0.3 is 10.5 Å². The van der Waals surface area contributed by atoms with E-state index in [0.29, 0.717) is 26.5 Å². The second-order valence-electron chi connectivity index (χ2n) is 3.87. The quantitative estimate of drug-likeness (QED) is 0.826. The van der Waals surface area contributed by atoms with Crippen molar-refractivity contribution in [3.05, 3.63) is 57.0 Å². The van der Waals surface area contributed by atoms with Crippen LogP contribution in [0.25, 0.3) is 0 Å². The molecule has 0 saturated heterocycles. The molecule has 0 saturated carbocycles. The van der Waals surface area contributed by atoms with E-state index in [4.69, 9.17) is 22.1 Å². The highest BCUT2D eigenvalue weighted by molar-refractivity contribution is 9.10. The second kappa shape index (κ2) is 5.75. The fraction of sp³-hybridized carbons (Fsp3) is 0.0769. The number of nitrogens with two attached hydrogens (primary N) is 1. The van der Waals surface area contributed by atoms with E-state index in [0.717, 1.165) is 6.07 Å². The van der Waals surface area contributed by atoms with Gasteiger partial charge in [-0.2, -0.15) is 0 Å². The predicted octanol–water partition coefficient (Wildman–Crippen LogP) is 4.54. The molecular weight excluding hydrogens is 340 g/mol. The molecule has 0 fully saturated rings. The molecule has 0 aliphatic rings. The molecule has 6 heteroatoms. The number of nitrogen functional groups attached to an aromatic ring is 1. The normalized spacial score (nSPS) is 10.5. The van der Waals surface area contributed by atoms with E-state index in [1.807, 2.05) is 0 Å². The summed E-state index contributed by atoms with van der Waals surface area (Å²) in [5.41, 5.74) is 6.48. The lowest BCUT2D eigenvalue weighted by molar-refractivity contribution is 0.304. The molecule has 0 aliphatic heterocycles. The van der Waals surface area contributed by atoms with Gasteiger partial charge in [-0.25, -0.2) is 8.78 Å². The molecule has 0 aliphatic carbocycles. The van der Waals surface area contributed by atoms with Crippen LogP contribution in [0.1, 0.15) is 5.56 Å². The Bertz CT molecular complexity index is 578. The van der Waals surface area contributed by atoms with E-state index in [1.54, 1.807) is 6.07 Å². The fourth-order valence-corrected chi connectivity index (χ4v) is 2.53. The van der Waals surface area contributed by atoms with E-state index >= 15 is 0 Å². The van der Waals surface area contributed by atoms with Crippen LogP contribution in [0, 0.1) is 11.6 Å². The van der Waals surface area contributed by atoms with Crippen molar-refractivity contribution in [3.8, 4) is 5.75 Å². The maximum absolute atomic E-state index is 13.0. The maximum Gasteiger partial charge on any atom is 0.156 e. The molecule has 0 amide bonds. The van der Waals surface area contributed by atoms with Crippen LogP contribution in [-0.4, -0.2) is 0 Å². The van der Waals surface area contributed by atoms with Gasteiger partial charge in [0.25, 0.3) is 0 Å². The molecule has 0 aromatic heterocycles. The lowest BCUT2D eigenvalue weighted by Crippen LogP contribution is -2.00. The average Bonchev–Trinajstić information content (AvgIpc) is 2.25. The number of benzene rings is 2. The van der Waals surface area contributed by atoms with Crippen molar-refractivity contribution in [2.45, 2.75) is 6.61 Å². The van der Waals surface area contributed by atoms with Gasteiger partial charge in [-0.05, 0) is 45.8 Å². The van der Waals surface area contributed by atoms with Crippen LogP contribution in [-0.2, 0) is 6.61 Å². The van der Waals surface area contributed by atoms with Gasteiger partial charge in [-0.1, -0.05) is 11.6 Å². The van der Waals surface area contributed by atoms with E-state index in [2.05, 4.69) is 15.9 Å². The Labute approximate surface area is 122 Å². The highest BCUT2D eigenvalue weighted by Gasteiger charge is 2.09. The summed E-state index contributed by atoms with van der Waals surface area (Å²) >= 11 is 9.08. The van der Waals surface area contributed by atoms with Gasteiger partial charge in [0.2, 0.25) is 0 Å². The Kier molecular flexibility index (Phi) is 4.27. The van der Waals surface area contributed by atoms with Crippen LogP contribution < -0.4 is 10.5 Å². The van der Waals surface area contributed by atoms with Gasteiger partial charge in [-0.3, -0.25) is 0 Å². The van der Waals surface area contributed by atoms with Crippen molar-refractivity contribution in [2.24, 2.45) is 0 Å². The van der Waals surface area contributed by atoms with Crippen molar-refractivity contribution < 1.29 is 13.5 Å². The number of rotatable bonds is 3. The first-order valence-corrected chi connectivity index (χ1v) is 6.45. The first-order chi connectivity index (χ1) is 8.95. The van der Waals surface area contributed by atoms with Crippen LogP contribution >= 0.6 is 27.5 Å². The molecule has 0 bridgehead atoms. The van der Waals surface area contributed by atoms with E-state index in [1.165, 1.54) is 18.2 Å².